The highest BCUT2D eigenvalue weighted by Crippen LogP contribution is 2.20. The Bertz CT molecular complexity index is 559. The first-order chi connectivity index (χ1) is 10.2. The summed E-state index contributed by atoms with van der Waals surface area (Å²) in [6, 6.07) is 2.92. The standard InChI is InChI=1S/C14H18N4O3/c15-10-2-1-5-16-12(10)14(20)18-6-7-21-8-11(18)13(19)17-9-3-4-9/h1-2,5,9,11H,3-4,6-8,15H2,(H,17,19). The van der Waals surface area contributed by atoms with E-state index in [9.17, 15) is 9.59 Å². The number of nitrogens with zero attached hydrogens (tertiary/aromatic N) is 2. The fourth-order valence-electron chi connectivity index (χ4n) is 2.32. The fraction of sp³-hybridized carbons (Fsp3) is 0.500. The molecule has 2 aliphatic rings. The number of nitrogens with two attached hydrogens (primary N) is 1. The largest absolute Gasteiger partial charge is 0.397 e. The van der Waals surface area contributed by atoms with E-state index in [1.165, 1.54) is 11.1 Å². The number of hydrogen-bond acceptors (Lipinski definition) is 5. The molecule has 1 aliphatic carbocycles. The molecule has 1 saturated carbocycles. The van der Waals surface area contributed by atoms with Gasteiger partial charge in [0.2, 0.25) is 5.91 Å². The molecule has 0 radical (unpaired) electrons. The number of ether oxygens (including phenoxy) is 1. The van der Waals surface area contributed by atoms with Gasteiger partial charge in [-0.3, -0.25) is 9.59 Å². The average molecular weight is 290 g/mol. The summed E-state index contributed by atoms with van der Waals surface area (Å²) in [7, 11) is 0. The number of hydrogen-bond donors (Lipinski definition) is 2. The number of rotatable bonds is 3. The third kappa shape index (κ3) is 2.97. The average Bonchev–Trinajstić information content (AvgIpc) is 3.31. The molecule has 1 aromatic rings. The molecule has 7 heteroatoms. The summed E-state index contributed by atoms with van der Waals surface area (Å²) in [6.45, 7) is 0.973. The first-order valence-electron chi connectivity index (χ1n) is 7.06. The van der Waals surface area contributed by atoms with E-state index in [4.69, 9.17) is 10.5 Å². The lowest BCUT2D eigenvalue weighted by atomic mass is 10.1. The Morgan fingerprint density at radius 2 is 2.24 bits per heavy atom. The third-order valence-corrected chi connectivity index (χ3v) is 3.66. The van der Waals surface area contributed by atoms with Gasteiger partial charge in [0, 0.05) is 18.8 Å². The van der Waals surface area contributed by atoms with Crippen LogP contribution in [0.3, 0.4) is 0 Å². The molecule has 1 aromatic heterocycles. The second-order valence-electron chi connectivity index (χ2n) is 5.31. The number of morpholine rings is 1. The van der Waals surface area contributed by atoms with Crippen LogP contribution >= 0.6 is 0 Å². The van der Waals surface area contributed by atoms with E-state index in [0.29, 0.717) is 18.8 Å². The molecule has 0 spiro atoms. The number of aromatic nitrogens is 1. The number of carbonyl (C=O) groups excluding carboxylic acids is 2. The highest BCUT2D eigenvalue weighted by Gasteiger charge is 2.36. The van der Waals surface area contributed by atoms with Crippen molar-refractivity contribution < 1.29 is 14.3 Å². The molecule has 3 N–H and O–H groups in total. The van der Waals surface area contributed by atoms with Gasteiger partial charge in [0.05, 0.1) is 18.9 Å². The maximum absolute atomic E-state index is 12.6. The highest BCUT2D eigenvalue weighted by atomic mass is 16.5. The van der Waals surface area contributed by atoms with Gasteiger partial charge in [-0.2, -0.15) is 0 Å². The molecule has 1 saturated heterocycles. The molecule has 1 aliphatic heterocycles. The summed E-state index contributed by atoms with van der Waals surface area (Å²) >= 11 is 0. The van der Waals surface area contributed by atoms with Crippen LogP contribution in [0.2, 0.25) is 0 Å². The van der Waals surface area contributed by atoms with Crippen LogP contribution in [-0.2, 0) is 9.53 Å². The predicted octanol–water partition coefficient (Wildman–Crippen LogP) is -0.217. The highest BCUT2D eigenvalue weighted by molar-refractivity contribution is 5.99. The second kappa shape index (κ2) is 5.69. The van der Waals surface area contributed by atoms with Gasteiger partial charge in [-0.15, -0.1) is 0 Å². The van der Waals surface area contributed by atoms with Crippen LogP contribution in [-0.4, -0.2) is 53.5 Å². The Morgan fingerprint density at radius 1 is 1.43 bits per heavy atom. The zero-order valence-electron chi connectivity index (χ0n) is 11.6. The zero-order chi connectivity index (χ0) is 14.8. The lowest BCUT2D eigenvalue weighted by Crippen LogP contribution is -2.56. The van der Waals surface area contributed by atoms with Crippen LogP contribution in [0.5, 0.6) is 0 Å². The number of nitrogen functional groups attached to an aromatic ring is 1. The van der Waals surface area contributed by atoms with E-state index in [2.05, 4.69) is 10.3 Å². The van der Waals surface area contributed by atoms with Gasteiger partial charge in [-0.05, 0) is 25.0 Å². The molecule has 112 valence electrons. The van der Waals surface area contributed by atoms with Crippen LogP contribution in [0.1, 0.15) is 23.3 Å². The van der Waals surface area contributed by atoms with E-state index in [1.54, 1.807) is 12.1 Å². The molecule has 0 bridgehead atoms. The molecular weight excluding hydrogens is 272 g/mol. The van der Waals surface area contributed by atoms with Crippen LogP contribution in [0.4, 0.5) is 5.69 Å². The lowest BCUT2D eigenvalue weighted by molar-refractivity contribution is -0.130. The molecule has 0 aromatic carbocycles. The Morgan fingerprint density at radius 3 is 2.95 bits per heavy atom. The summed E-state index contributed by atoms with van der Waals surface area (Å²) in [4.78, 5) is 30.4. The van der Waals surface area contributed by atoms with Crippen LogP contribution in [0.15, 0.2) is 18.3 Å². The minimum absolute atomic E-state index is 0.167. The van der Waals surface area contributed by atoms with Crippen molar-refractivity contribution in [2.24, 2.45) is 0 Å². The number of anilines is 1. The number of nitrogens with one attached hydrogen (secondary N) is 1. The molecule has 7 nitrogen and oxygen atoms in total. The van der Waals surface area contributed by atoms with Gasteiger partial charge >= 0.3 is 0 Å². The summed E-state index contributed by atoms with van der Waals surface area (Å²) in [5, 5.41) is 2.91. The summed E-state index contributed by atoms with van der Waals surface area (Å²) < 4.78 is 5.35. The normalized spacial score (nSPS) is 21.9. The topological polar surface area (TPSA) is 97.6 Å². The lowest BCUT2D eigenvalue weighted by Gasteiger charge is -2.34. The Hall–Kier alpha value is -2.15. The Labute approximate surface area is 122 Å². The molecule has 2 fully saturated rings. The van der Waals surface area contributed by atoms with Crippen LogP contribution in [0, 0.1) is 0 Å². The molecule has 1 unspecified atom stereocenters. The molecule has 3 rings (SSSR count). The molecule has 2 heterocycles. The predicted molar refractivity (Wildman–Crippen MR) is 75.5 cm³/mol. The smallest absolute Gasteiger partial charge is 0.275 e. The van der Waals surface area contributed by atoms with Crippen molar-refractivity contribution in [1.29, 1.82) is 0 Å². The van der Waals surface area contributed by atoms with Crippen molar-refractivity contribution in [3.8, 4) is 0 Å². The SMILES string of the molecule is Nc1cccnc1C(=O)N1CCOCC1C(=O)NC1CC1. The number of pyridine rings is 1. The minimum Gasteiger partial charge on any atom is -0.397 e. The fourth-order valence-corrected chi connectivity index (χ4v) is 2.32. The van der Waals surface area contributed by atoms with Crippen molar-refractivity contribution in [2.45, 2.75) is 24.9 Å². The van der Waals surface area contributed by atoms with Gasteiger partial charge in [-0.25, -0.2) is 4.98 Å². The first-order valence-corrected chi connectivity index (χ1v) is 7.06. The molecule has 2 amide bonds. The van der Waals surface area contributed by atoms with E-state index in [1.807, 2.05) is 0 Å². The minimum atomic E-state index is -0.617. The van der Waals surface area contributed by atoms with Gasteiger partial charge in [0.25, 0.3) is 5.91 Å². The maximum atomic E-state index is 12.6. The Balaban J connectivity index is 1.78. The van der Waals surface area contributed by atoms with E-state index >= 15 is 0 Å². The zero-order valence-corrected chi connectivity index (χ0v) is 11.6. The summed E-state index contributed by atoms with van der Waals surface area (Å²) in [5.41, 5.74) is 6.30. The van der Waals surface area contributed by atoms with Crippen molar-refractivity contribution in [2.75, 3.05) is 25.5 Å². The number of amides is 2. The Kier molecular flexibility index (Phi) is 3.74. The van der Waals surface area contributed by atoms with Gasteiger partial charge < -0.3 is 20.7 Å². The van der Waals surface area contributed by atoms with Gasteiger partial charge in [0.15, 0.2) is 5.69 Å². The van der Waals surface area contributed by atoms with Crippen molar-refractivity contribution >= 4 is 17.5 Å². The quantitative estimate of drug-likeness (QED) is 0.802. The van der Waals surface area contributed by atoms with Crippen molar-refractivity contribution in [3.63, 3.8) is 0 Å². The monoisotopic (exact) mass is 290 g/mol. The van der Waals surface area contributed by atoms with E-state index in [-0.39, 0.29) is 30.2 Å². The van der Waals surface area contributed by atoms with Crippen LogP contribution in [0.25, 0.3) is 0 Å². The van der Waals surface area contributed by atoms with Crippen molar-refractivity contribution in [1.82, 2.24) is 15.2 Å². The summed E-state index contributed by atoms with van der Waals surface area (Å²) in [6.07, 6.45) is 3.52. The summed E-state index contributed by atoms with van der Waals surface area (Å²) in [5.74, 6) is -0.493. The first kappa shape index (κ1) is 13.8. The maximum Gasteiger partial charge on any atom is 0.275 e. The molecule has 1 atom stereocenters. The van der Waals surface area contributed by atoms with Gasteiger partial charge in [-0.1, -0.05) is 0 Å². The van der Waals surface area contributed by atoms with E-state index in [0.717, 1.165) is 12.8 Å². The third-order valence-electron chi connectivity index (χ3n) is 3.66. The number of carbonyl (C=O) groups is 2. The molecule has 21 heavy (non-hydrogen) atoms. The van der Waals surface area contributed by atoms with Crippen molar-refractivity contribution in [3.05, 3.63) is 24.0 Å². The van der Waals surface area contributed by atoms with Crippen LogP contribution < -0.4 is 11.1 Å². The molecular formula is C14H18N4O3. The van der Waals surface area contributed by atoms with E-state index < -0.39 is 6.04 Å². The second-order valence-corrected chi connectivity index (χ2v) is 5.31. The van der Waals surface area contributed by atoms with Gasteiger partial charge in [0.1, 0.15) is 6.04 Å².